The zero-order valence-corrected chi connectivity index (χ0v) is 15.9. The molecular weight excluding hydrogens is 537 g/mol. The van der Waals surface area contributed by atoms with Crippen molar-refractivity contribution in [2.45, 2.75) is 0 Å². The third-order valence-electron chi connectivity index (χ3n) is 2.47. The molecule has 4 nitrogen and oxygen atoms in total. The van der Waals surface area contributed by atoms with Gasteiger partial charge in [-0.15, -0.1) is 0 Å². The molecule has 19 heavy (non-hydrogen) atoms. The maximum Gasteiger partial charge on any atom is 0.263 e. The number of hydrogen-bond donors (Lipinski definition) is 0. The highest BCUT2D eigenvalue weighted by Crippen LogP contribution is 2.45. The Morgan fingerprint density at radius 1 is 0.895 bits per heavy atom. The maximum atomic E-state index is 12.2. The summed E-state index contributed by atoms with van der Waals surface area (Å²) in [5, 5.41) is -0.778. The first-order valence-corrected chi connectivity index (χ1v) is 8.22. The van der Waals surface area contributed by atoms with Crippen LogP contribution in [0.25, 0.3) is 0 Å². The number of imide groups is 1. The van der Waals surface area contributed by atoms with Gasteiger partial charge >= 0.3 is 0 Å². The monoisotopic (exact) mass is 535 g/mol. The number of nitrogens with zero attached hydrogens (tertiary/aromatic N) is 1. The lowest BCUT2D eigenvalue weighted by atomic mass is 10.1. The molecule has 0 aliphatic carbocycles. The van der Waals surface area contributed by atoms with E-state index in [9.17, 15) is 14.4 Å². The average molecular weight is 539 g/mol. The van der Waals surface area contributed by atoms with E-state index in [4.69, 9.17) is 11.6 Å². The Labute approximate surface area is 146 Å². The molecule has 1 aliphatic heterocycles. The van der Waals surface area contributed by atoms with E-state index in [2.05, 4.69) is 63.7 Å². The van der Waals surface area contributed by atoms with Gasteiger partial charge in [0.25, 0.3) is 11.8 Å². The maximum absolute atomic E-state index is 12.2. The highest BCUT2D eigenvalue weighted by atomic mass is 79.9. The molecule has 0 fully saturated rings. The molecule has 0 atom stereocenters. The van der Waals surface area contributed by atoms with Crippen LogP contribution in [0, 0.1) is 0 Å². The van der Waals surface area contributed by atoms with E-state index in [-0.39, 0.29) is 11.1 Å². The first-order chi connectivity index (χ1) is 8.77. The third kappa shape index (κ3) is 2.46. The molecular formula is C10H2Br4ClNO3. The van der Waals surface area contributed by atoms with Crippen LogP contribution in [0.4, 0.5) is 0 Å². The van der Waals surface area contributed by atoms with E-state index in [1.54, 1.807) is 0 Å². The van der Waals surface area contributed by atoms with Gasteiger partial charge in [-0.05, 0) is 75.3 Å². The van der Waals surface area contributed by atoms with Crippen LogP contribution in [0.5, 0.6) is 0 Å². The van der Waals surface area contributed by atoms with Crippen molar-refractivity contribution in [2.24, 2.45) is 0 Å². The van der Waals surface area contributed by atoms with Gasteiger partial charge in [-0.25, -0.2) is 0 Å². The Morgan fingerprint density at radius 3 is 1.58 bits per heavy atom. The average Bonchev–Trinajstić information content (AvgIpc) is 2.58. The van der Waals surface area contributed by atoms with Crippen molar-refractivity contribution >= 4 is 92.4 Å². The quantitative estimate of drug-likeness (QED) is 0.246. The number of carbonyl (C=O) groups excluding carboxylic acids is 3. The van der Waals surface area contributed by atoms with Crippen LogP contribution in [0.3, 0.4) is 0 Å². The van der Waals surface area contributed by atoms with E-state index in [0.717, 1.165) is 4.90 Å². The molecule has 1 aliphatic rings. The Kier molecular flexibility index (Phi) is 4.57. The molecule has 0 unspecified atom stereocenters. The van der Waals surface area contributed by atoms with Crippen LogP contribution in [0.2, 0.25) is 0 Å². The predicted molar refractivity (Wildman–Crippen MR) is 83.5 cm³/mol. The summed E-state index contributed by atoms with van der Waals surface area (Å²) in [6.07, 6.45) is 0. The minimum Gasteiger partial charge on any atom is -0.279 e. The van der Waals surface area contributed by atoms with Crippen LogP contribution in [-0.4, -0.2) is 28.5 Å². The summed E-state index contributed by atoms with van der Waals surface area (Å²) in [5.74, 6) is -1.12. The second-order valence-corrected chi connectivity index (χ2v) is 7.15. The number of benzene rings is 1. The second-order valence-electron chi connectivity index (χ2n) is 3.56. The fraction of sp³-hybridized carbons (Fsp3) is 0.100. The van der Waals surface area contributed by atoms with Crippen molar-refractivity contribution in [1.82, 2.24) is 4.90 Å². The zero-order valence-electron chi connectivity index (χ0n) is 8.77. The van der Waals surface area contributed by atoms with E-state index in [1.165, 1.54) is 0 Å². The number of carbonyl (C=O) groups is 3. The van der Waals surface area contributed by atoms with Gasteiger partial charge in [0.1, 0.15) is 6.54 Å². The normalized spacial score (nSPS) is 14.1. The summed E-state index contributed by atoms with van der Waals surface area (Å²) < 4.78 is 2.08. The lowest BCUT2D eigenvalue weighted by Gasteiger charge is -2.09. The van der Waals surface area contributed by atoms with Crippen molar-refractivity contribution in [3.8, 4) is 0 Å². The minimum atomic E-state index is -0.778. The standard InChI is InChI=1S/C10H2Br4ClNO3/c11-5-3-4(6(12)8(14)7(5)13)10(19)16(9(3)18)1-2(15)17/h1H2. The summed E-state index contributed by atoms with van der Waals surface area (Å²) in [4.78, 5) is 36.1. The van der Waals surface area contributed by atoms with E-state index >= 15 is 0 Å². The second kappa shape index (κ2) is 5.55. The van der Waals surface area contributed by atoms with Gasteiger partial charge in [-0.3, -0.25) is 19.3 Å². The van der Waals surface area contributed by atoms with Crippen molar-refractivity contribution < 1.29 is 14.4 Å². The summed E-state index contributed by atoms with van der Waals surface area (Å²) in [5.41, 5.74) is 0.398. The van der Waals surface area contributed by atoms with Crippen molar-refractivity contribution in [3.63, 3.8) is 0 Å². The highest BCUT2D eigenvalue weighted by molar-refractivity contribution is 9.15. The van der Waals surface area contributed by atoms with Crippen LogP contribution < -0.4 is 0 Å². The minimum absolute atomic E-state index is 0.199. The molecule has 0 saturated heterocycles. The van der Waals surface area contributed by atoms with Gasteiger partial charge in [0.2, 0.25) is 5.24 Å². The van der Waals surface area contributed by atoms with Crippen LogP contribution >= 0.6 is 75.3 Å². The molecule has 100 valence electrons. The molecule has 0 spiro atoms. The number of halogens is 5. The van der Waals surface area contributed by atoms with Crippen molar-refractivity contribution in [3.05, 3.63) is 29.0 Å². The van der Waals surface area contributed by atoms with Crippen LogP contribution in [-0.2, 0) is 4.79 Å². The van der Waals surface area contributed by atoms with Crippen molar-refractivity contribution in [2.75, 3.05) is 6.54 Å². The Bertz CT molecular complexity index is 599. The summed E-state index contributed by atoms with van der Waals surface area (Å²) in [6.45, 7) is -0.456. The van der Waals surface area contributed by atoms with Gasteiger partial charge in [-0.2, -0.15) is 0 Å². The Balaban J connectivity index is 2.69. The molecule has 0 radical (unpaired) electrons. The van der Waals surface area contributed by atoms with Crippen LogP contribution in [0.15, 0.2) is 17.9 Å². The molecule has 2 amide bonds. The SMILES string of the molecule is O=C(Cl)CN1C(=O)c2c(Br)c(Br)c(Br)c(Br)c2C1=O. The van der Waals surface area contributed by atoms with Gasteiger partial charge in [0.15, 0.2) is 0 Å². The smallest absolute Gasteiger partial charge is 0.263 e. The predicted octanol–water partition coefficient (Wildman–Crippen LogP) is 4.10. The fourth-order valence-electron chi connectivity index (χ4n) is 1.66. The molecule has 1 heterocycles. The number of rotatable bonds is 2. The van der Waals surface area contributed by atoms with Gasteiger partial charge in [-0.1, -0.05) is 0 Å². The lowest BCUT2D eigenvalue weighted by molar-refractivity contribution is -0.112. The Hall–Kier alpha value is 0.240. The van der Waals surface area contributed by atoms with E-state index in [0.29, 0.717) is 17.9 Å². The molecule has 0 N–H and O–H groups in total. The fourth-order valence-corrected chi connectivity index (χ4v) is 4.24. The van der Waals surface area contributed by atoms with Crippen molar-refractivity contribution in [1.29, 1.82) is 0 Å². The summed E-state index contributed by atoms with van der Waals surface area (Å²) in [6, 6.07) is 0. The van der Waals surface area contributed by atoms with E-state index in [1.807, 2.05) is 0 Å². The molecule has 1 aromatic rings. The number of hydrogen-bond acceptors (Lipinski definition) is 3. The largest absolute Gasteiger partial charge is 0.279 e. The van der Waals surface area contributed by atoms with Gasteiger partial charge in [0.05, 0.1) is 11.1 Å². The molecule has 0 saturated carbocycles. The summed E-state index contributed by atoms with van der Waals surface area (Å²) in [7, 11) is 0. The van der Waals surface area contributed by atoms with E-state index < -0.39 is 23.6 Å². The number of fused-ring (bicyclic) bond motifs is 1. The first kappa shape index (κ1) is 15.6. The topological polar surface area (TPSA) is 54.5 Å². The van der Waals surface area contributed by atoms with Gasteiger partial charge in [0, 0.05) is 17.9 Å². The molecule has 9 heteroatoms. The van der Waals surface area contributed by atoms with Crippen LogP contribution in [0.1, 0.15) is 20.7 Å². The van der Waals surface area contributed by atoms with Gasteiger partial charge < -0.3 is 0 Å². The molecule has 0 bridgehead atoms. The highest BCUT2D eigenvalue weighted by Gasteiger charge is 2.41. The lowest BCUT2D eigenvalue weighted by Crippen LogP contribution is -2.33. The third-order valence-corrected chi connectivity index (χ3v) is 7.36. The first-order valence-electron chi connectivity index (χ1n) is 4.67. The zero-order chi connectivity index (χ0) is 14.5. The Morgan fingerprint density at radius 2 is 1.26 bits per heavy atom. The number of amides is 2. The molecule has 1 aromatic carbocycles. The molecule has 0 aromatic heterocycles. The summed E-state index contributed by atoms with van der Waals surface area (Å²) >= 11 is 18.4. The molecule has 2 rings (SSSR count).